The minimum Gasteiger partial charge on any atom is -0.338 e. The van der Waals surface area contributed by atoms with Crippen molar-refractivity contribution in [2.45, 2.75) is 44.9 Å². The van der Waals surface area contributed by atoms with Gasteiger partial charge in [0.2, 0.25) is 0 Å². The Labute approximate surface area is 92.2 Å². The standard InChI is InChI=1S/C12H22N2O/c15-12-13-8-5-9-14(12)10-11-6-3-1-2-4-7-11/h11H,1-10H2,(H,13,15). The third-order valence-corrected chi connectivity index (χ3v) is 3.62. The van der Waals surface area contributed by atoms with E-state index < -0.39 is 0 Å². The lowest BCUT2D eigenvalue weighted by Crippen LogP contribution is -2.48. The van der Waals surface area contributed by atoms with Gasteiger partial charge < -0.3 is 10.2 Å². The second kappa shape index (κ2) is 5.38. The van der Waals surface area contributed by atoms with Gasteiger partial charge in [-0.25, -0.2) is 4.79 Å². The van der Waals surface area contributed by atoms with E-state index in [1.54, 1.807) is 0 Å². The molecule has 2 aliphatic rings. The normalized spacial score (nSPS) is 24.8. The highest BCUT2D eigenvalue weighted by Gasteiger charge is 2.21. The van der Waals surface area contributed by atoms with E-state index in [1.807, 2.05) is 4.90 Å². The zero-order chi connectivity index (χ0) is 10.5. The number of hydrogen-bond donors (Lipinski definition) is 1. The molecule has 0 aromatic rings. The molecular formula is C12H22N2O. The largest absolute Gasteiger partial charge is 0.338 e. The lowest BCUT2D eigenvalue weighted by Gasteiger charge is -2.30. The Morgan fingerprint density at radius 1 is 1.13 bits per heavy atom. The number of amides is 2. The molecule has 0 radical (unpaired) electrons. The van der Waals surface area contributed by atoms with Gasteiger partial charge in [-0.05, 0) is 25.2 Å². The number of hydrogen-bond acceptors (Lipinski definition) is 1. The summed E-state index contributed by atoms with van der Waals surface area (Å²) in [5.74, 6) is 0.761. The maximum atomic E-state index is 11.6. The van der Waals surface area contributed by atoms with Gasteiger partial charge in [0.1, 0.15) is 0 Å². The van der Waals surface area contributed by atoms with Gasteiger partial charge in [-0.2, -0.15) is 0 Å². The van der Waals surface area contributed by atoms with Crippen LogP contribution in [0.3, 0.4) is 0 Å². The van der Waals surface area contributed by atoms with E-state index in [0.29, 0.717) is 0 Å². The van der Waals surface area contributed by atoms with Crippen LogP contribution in [0.25, 0.3) is 0 Å². The minimum absolute atomic E-state index is 0.158. The number of nitrogens with zero attached hydrogens (tertiary/aromatic N) is 1. The molecule has 2 rings (SSSR count). The molecule has 3 nitrogen and oxygen atoms in total. The molecule has 1 aliphatic carbocycles. The van der Waals surface area contributed by atoms with Crippen LogP contribution in [0.4, 0.5) is 4.79 Å². The smallest absolute Gasteiger partial charge is 0.317 e. The number of nitrogens with one attached hydrogen (secondary N) is 1. The van der Waals surface area contributed by atoms with Crippen LogP contribution in [0.5, 0.6) is 0 Å². The fourth-order valence-corrected chi connectivity index (χ4v) is 2.71. The Morgan fingerprint density at radius 2 is 1.87 bits per heavy atom. The van der Waals surface area contributed by atoms with Gasteiger partial charge >= 0.3 is 6.03 Å². The maximum absolute atomic E-state index is 11.6. The number of urea groups is 1. The van der Waals surface area contributed by atoms with Crippen molar-refractivity contribution in [2.75, 3.05) is 19.6 Å². The van der Waals surface area contributed by atoms with Crippen LogP contribution in [-0.2, 0) is 0 Å². The highest BCUT2D eigenvalue weighted by Crippen LogP contribution is 2.23. The molecule has 3 heteroatoms. The van der Waals surface area contributed by atoms with Gasteiger partial charge in [0.05, 0.1) is 0 Å². The molecule has 86 valence electrons. The van der Waals surface area contributed by atoms with Crippen LogP contribution in [0, 0.1) is 5.92 Å². The topological polar surface area (TPSA) is 32.3 Å². The lowest BCUT2D eigenvalue weighted by atomic mass is 9.99. The van der Waals surface area contributed by atoms with Crippen LogP contribution in [0.2, 0.25) is 0 Å². The summed E-state index contributed by atoms with van der Waals surface area (Å²) in [4.78, 5) is 13.6. The van der Waals surface area contributed by atoms with Crippen LogP contribution in [0.15, 0.2) is 0 Å². The maximum Gasteiger partial charge on any atom is 0.317 e. The van der Waals surface area contributed by atoms with Crippen molar-refractivity contribution in [3.63, 3.8) is 0 Å². The van der Waals surface area contributed by atoms with E-state index in [1.165, 1.54) is 38.5 Å². The highest BCUT2D eigenvalue weighted by atomic mass is 16.2. The molecule has 0 aromatic carbocycles. The third-order valence-electron chi connectivity index (χ3n) is 3.62. The summed E-state index contributed by atoms with van der Waals surface area (Å²) < 4.78 is 0. The summed E-state index contributed by atoms with van der Waals surface area (Å²) in [6.45, 7) is 2.81. The first-order valence-corrected chi connectivity index (χ1v) is 6.39. The van der Waals surface area contributed by atoms with E-state index in [4.69, 9.17) is 0 Å². The van der Waals surface area contributed by atoms with Gasteiger partial charge in [-0.1, -0.05) is 25.7 Å². The summed E-state index contributed by atoms with van der Waals surface area (Å²) in [7, 11) is 0. The summed E-state index contributed by atoms with van der Waals surface area (Å²) >= 11 is 0. The zero-order valence-electron chi connectivity index (χ0n) is 9.50. The predicted octanol–water partition coefficient (Wildman–Crippen LogP) is 2.37. The average molecular weight is 210 g/mol. The summed E-state index contributed by atoms with van der Waals surface area (Å²) in [6, 6.07) is 0.158. The molecule has 1 heterocycles. The molecular weight excluding hydrogens is 188 g/mol. The Balaban J connectivity index is 1.80. The first-order chi connectivity index (χ1) is 7.36. The fraction of sp³-hybridized carbons (Fsp3) is 0.917. The van der Waals surface area contributed by atoms with Gasteiger partial charge in [0.15, 0.2) is 0 Å². The third kappa shape index (κ3) is 3.11. The molecule has 15 heavy (non-hydrogen) atoms. The quantitative estimate of drug-likeness (QED) is 0.697. The summed E-state index contributed by atoms with van der Waals surface area (Å²) in [5, 5.41) is 2.92. The van der Waals surface area contributed by atoms with Crippen molar-refractivity contribution in [1.82, 2.24) is 10.2 Å². The first-order valence-electron chi connectivity index (χ1n) is 6.39. The Hall–Kier alpha value is -0.730. The van der Waals surface area contributed by atoms with E-state index in [2.05, 4.69) is 5.32 Å². The van der Waals surface area contributed by atoms with Crippen molar-refractivity contribution in [1.29, 1.82) is 0 Å². The first kappa shape index (κ1) is 10.8. The van der Waals surface area contributed by atoms with Gasteiger partial charge in [-0.15, -0.1) is 0 Å². The van der Waals surface area contributed by atoms with E-state index in [9.17, 15) is 4.79 Å². The van der Waals surface area contributed by atoms with Crippen molar-refractivity contribution in [3.05, 3.63) is 0 Å². The second-order valence-electron chi connectivity index (χ2n) is 4.89. The SMILES string of the molecule is O=C1NCCCN1CC1CCCCCC1. The van der Waals surface area contributed by atoms with Gasteiger partial charge in [0, 0.05) is 19.6 Å². The molecule has 1 aliphatic heterocycles. The Bertz CT molecular complexity index is 210. The van der Waals surface area contributed by atoms with Crippen LogP contribution in [0.1, 0.15) is 44.9 Å². The van der Waals surface area contributed by atoms with Crippen molar-refractivity contribution in [3.8, 4) is 0 Å². The molecule has 1 saturated carbocycles. The van der Waals surface area contributed by atoms with Gasteiger partial charge in [0.25, 0.3) is 0 Å². The Kier molecular flexibility index (Phi) is 3.87. The molecule has 0 unspecified atom stereocenters. The van der Waals surface area contributed by atoms with Crippen LogP contribution < -0.4 is 5.32 Å². The van der Waals surface area contributed by atoms with Gasteiger partial charge in [-0.3, -0.25) is 0 Å². The molecule has 2 fully saturated rings. The molecule has 1 N–H and O–H groups in total. The van der Waals surface area contributed by atoms with E-state index >= 15 is 0 Å². The van der Waals surface area contributed by atoms with Crippen molar-refractivity contribution >= 4 is 6.03 Å². The highest BCUT2D eigenvalue weighted by molar-refractivity contribution is 5.74. The van der Waals surface area contributed by atoms with Crippen LogP contribution in [-0.4, -0.2) is 30.6 Å². The molecule has 0 bridgehead atoms. The summed E-state index contributed by atoms with van der Waals surface area (Å²) in [6.07, 6.45) is 9.26. The average Bonchev–Trinajstić information content (AvgIpc) is 2.50. The zero-order valence-corrected chi connectivity index (χ0v) is 9.50. The molecule has 0 spiro atoms. The lowest BCUT2D eigenvalue weighted by molar-refractivity contribution is 0.172. The number of rotatable bonds is 2. The van der Waals surface area contributed by atoms with E-state index in [-0.39, 0.29) is 6.03 Å². The number of carbonyl (C=O) groups excluding carboxylic acids is 1. The fourth-order valence-electron chi connectivity index (χ4n) is 2.71. The Morgan fingerprint density at radius 3 is 2.53 bits per heavy atom. The second-order valence-corrected chi connectivity index (χ2v) is 4.89. The minimum atomic E-state index is 0.158. The monoisotopic (exact) mass is 210 g/mol. The summed E-state index contributed by atoms with van der Waals surface area (Å²) in [5.41, 5.74) is 0. The van der Waals surface area contributed by atoms with Crippen molar-refractivity contribution in [2.24, 2.45) is 5.92 Å². The predicted molar refractivity (Wildman–Crippen MR) is 60.8 cm³/mol. The molecule has 1 saturated heterocycles. The van der Waals surface area contributed by atoms with E-state index in [0.717, 1.165) is 32.0 Å². The molecule has 2 amide bonds. The van der Waals surface area contributed by atoms with Crippen molar-refractivity contribution < 1.29 is 4.79 Å². The molecule has 0 aromatic heterocycles. The number of carbonyl (C=O) groups is 1. The van der Waals surface area contributed by atoms with Crippen LogP contribution >= 0.6 is 0 Å². The molecule has 0 atom stereocenters.